The van der Waals surface area contributed by atoms with Crippen LogP contribution in [-0.2, 0) is 0 Å². The Labute approximate surface area is 121 Å². The molecular formula is C14H17FN2O4. The topological polar surface area (TPSA) is 92.5 Å². The lowest BCUT2D eigenvalue weighted by Crippen LogP contribution is -2.19. The molecule has 6 nitrogen and oxygen atoms in total. The summed E-state index contributed by atoms with van der Waals surface area (Å²) in [6.45, 7) is 4.22. The van der Waals surface area contributed by atoms with Crippen LogP contribution in [0.4, 0.5) is 15.8 Å². The Balaban J connectivity index is 2.33. The molecule has 1 aromatic rings. The lowest BCUT2D eigenvalue weighted by atomic mass is 9.92. The summed E-state index contributed by atoms with van der Waals surface area (Å²) in [7, 11) is 0. The average Bonchev–Trinajstić information content (AvgIpc) is 2.67. The fourth-order valence-corrected chi connectivity index (χ4v) is 2.77. The molecule has 1 atom stereocenters. The molecule has 2 rings (SSSR count). The minimum Gasteiger partial charge on any atom is -0.478 e. The molecule has 1 fully saturated rings. The highest BCUT2D eigenvalue weighted by molar-refractivity contribution is 5.90. The van der Waals surface area contributed by atoms with E-state index in [9.17, 15) is 19.3 Å². The number of nitro groups is 1. The van der Waals surface area contributed by atoms with Gasteiger partial charge in [0.25, 0.3) is 5.69 Å². The number of nitrogens with one attached hydrogen (secondary N) is 1. The van der Waals surface area contributed by atoms with Gasteiger partial charge in [0.1, 0.15) is 17.1 Å². The van der Waals surface area contributed by atoms with Gasteiger partial charge in [-0.05, 0) is 24.7 Å². The number of carboxylic acid groups (broad SMARTS) is 1. The molecule has 0 amide bonds. The summed E-state index contributed by atoms with van der Waals surface area (Å²) in [6.07, 6.45) is 2.65. The molecule has 1 saturated carbocycles. The zero-order chi connectivity index (χ0) is 15.8. The van der Waals surface area contributed by atoms with E-state index in [1.165, 1.54) is 0 Å². The third-order valence-electron chi connectivity index (χ3n) is 3.84. The zero-order valence-electron chi connectivity index (χ0n) is 11.9. The summed E-state index contributed by atoms with van der Waals surface area (Å²) in [5.41, 5.74) is -0.936. The van der Waals surface area contributed by atoms with Crippen LogP contribution in [-0.4, -0.2) is 22.0 Å². The number of rotatable bonds is 4. The number of halogens is 1. The van der Waals surface area contributed by atoms with E-state index in [0.717, 1.165) is 31.4 Å². The van der Waals surface area contributed by atoms with Crippen molar-refractivity contribution in [3.8, 4) is 0 Å². The van der Waals surface area contributed by atoms with Crippen molar-refractivity contribution in [2.24, 2.45) is 5.41 Å². The molecule has 7 heteroatoms. The Morgan fingerprint density at radius 3 is 2.67 bits per heavy atom. The molecule has 0 spiro atoms. The van der Waals surface area contributed by atoms with Gasteiger partial charge in [-0.2, -0.15) is 0 Å². The van der Waals surface area contributed by atoms with Crippen LogP contribution in [0.1, 0.15) is 43.5 Å². The van der Waals surface area contributed by atoms with Crippen LogP contribution >= 0.6 is 0 Å². The number of nitrogens with zero attached hydrogens (tertiary/aromatic N) is 1. The molecule has 0 bridgehead atoms. The van der Waals surface area contributed by atoms with Crippen molar-refractivity contribution in [1.29, 1.82) is 0 Å². The van der Waals surface area contributed by atoms with Gasteiger partial charge in [-0.15, -0.1) is 0 Å². The maximum atomic E-state index is 13.7. The van der Waals surface area contributed by atoms with Gasteiger partial charge in [0.05, 0.1) is 4.92 Å². The second kappa shape index (κ2) is 5.31. The second-order valence-electron chi connectivity index (χ2n) is 6.16. The molecule has 0 aromatic heterocycles. The number of benzene rings is 1. The van der Waals surface area contributed by atoms with Crippen LogP contribution in [0.25, 0.3) is 0 Å². The normalized spacial score (nSPS) is 20.2. The van der Waals surface area contributed by atoms with Gasteiger partial charge in [-0.3, -0.25) is 10.1 Å². The van der Waals surface area contributed by atoms with Crippen LogP contribution in [0.5, 0.6) is 0 Å². The zero-order valence-corrected chi connectivity index (χ0v) is 11.9. The van der Waals surface area contributed by atoms with Gasteiger partial charge < -0.3 is 10.4 Å². The highest BCUT2D eigenvalue weighted by Gasteiger charge is 2.32. The number of hydrogen-bond donors (Lipinski definition) is 2. The molecule has 0 radical (unpaired) electrons. The Morgan fingerprint density at radius 1 is 1.52 bits per heavy atom. The maximum absolute atomic E-state index is 13.7. The molecule has 114 valence electrons. The van der Waals surface area contributed by atoms with E-state index in [-0.39, 0.29) is 17.1 Å². The van der Waals surface area contributed by atoms with Crippen molar-refractivity contribution in [1.82, 2.24) is 0 Å². The number of nitro benzene ring substituents is 1. The lowest BCUT2D eigenvalue weighted by Gasteiger charge is -2.18. The number of aromatic carboxylic acids is 1. The molecule has 1 unspecified atom stereocenters. The van der Waals surface area contributed by atoms with Crippen molar-refractivity contribution in [3.63, 3.8) is 0 Å². The molecule has 1 aromatic carbocycles. The Kier molecular flexibility index (Phi) is 3.85. The lowest BCUT2D eigenvalue weighted by molar-refractivity contribution is -0.384. The highest BCUT2D eigenvalue weighted by atomic mass is 19.1. The first-order valence-corrected chi connectivity index (χ1v) is 6.67. The van der Waals surface area contributed by atoms with Crippen LogP contribution in [0.3, 0.4) is 0 Å². The quantitative estimate of drug-likeness (QED) is 0.656. The highest BCUT2D eigenvalue weighted by Crippen LogP contribution is 2.39. The first kappa shape index (κ1) is 15.2. The van der Waals surface area contributed by atoms with E-state index in [1.807, 2.05) is 0 Å². The minimum atomic E-state index is -1.52. The average molecular weight is 296 g/mol. The summed E-state index contributed by atoms with van der Waals surface area (Å²) in [6, 6.07) is 1.68. The van der Waals surface area contributed by atoms with Gasteiger partial charge in [0.2, 0.25) is 0 Å². The van der Waals surface area contributed by atoms with E-state index in [2.05, 4.69) is 19.2 Å². The first-order valence-electron chi connectivity index (χ1n) is 6.67. The summed E-state index contributed by atoms with van der Waals surface area (Å²) >= 11 is 0. The molecule has 21 heavy (non-hydrogen) atoms. The largest absolute Gasteiger partial charge is 0.478 e. The first-order chi connectivity index (χ1) is 9.69. The molecule has 2 N–H and O–H groups in total. The van der Waals surface area contributed by atoms with E-state index >= 15 is 0 Å². The fraction of sp³-hybridized carbons (Fsp3) is 0.500. The van der Waals surface area contributed by atoms with Crippen molar-refractivity contribution >= 4 is 17.3 Å². The summed E-state index contributed by atoms with van der Waals surface area (Å²) in [4.78, 5) is 21.2. The molecule has 1 aliphatic carbocycles. The Hall–Kier alpha value is -2.18. The smallest absolute Gasteiger partial charge is 0.338 e. The van der Waals surface area contributed by atoms with Crippen molar-refractivity contribution in [2.75, 3.05) is 5.32 Å². The Bertz CT molecular complexity index is 601. The van der Waals surface area contributed by atoms with Gasteiger partial charge >= 0.3 is 5.97 Å². The predicted octanol–water partition coefficient (Wildman–Crippen LogP) is 3.42. The van der Waals surface area contributed by atoms with Gasteiger partial charge in [-0.25, -0.2) is 9.18 Å². The monoisotopic (exact) mass is 296 g/mol. The summed E-state index contributed by atoms with van der Waals surface area (Å²) in [5, 5.41) is 22.9. The number of hydrogen-bond acceptors (Lipinski definition) is 4. The van der Waals surface area contributed by atoms with Crippen LogP contribution < -0.4 is 5.32 Å². The van der Waals surface area contributed by atoms with Crippen LogP contribution in [0.15, 0.2) is 12.1 Å². The predicted molar refractivity (Wildman–Crippen MR) is 75.1 cm³/mol. The minimum absolute atomic E-state index is 0.0220. The summed E-state index contributed by atoms with van der Waals surface area (Å²) in [5.74, 6) is -2.50. The summed E-state index contributed by atoms with van der Waals surface area (Å²) < 4.78 is 13.7. The van der Waals surface area contributed by atoms with Crippen molar-refractivity contribution < 1.29 is 19.2 Å². The van der Waals surface area contributed by atoms with E-state index in [4.69, 9.17) is 5.11 Å². The molecular weight excluding hydrogens is 279 g/mol. The van der Waals surface area contributed by atoms with E-state index in [1.54, 1.807) is 0 Å². The number of carbonyl (C=O) groups is 1. The van der Waals surface area contributed by atoms with Crippen molar-refractivity contribution in [2.45, 2.75) is 39.2 Å². The standard InChI is InChI=1S/C14H17FN2O4/c1-14(2)4-3-8(7-14)16-11-6-10(15)9(13(18)19)5-12(11)17(20)21/h5-6,8,16H,3-4,7H2,1-2H3,(H,18,19). The molecule has 1 aliphatic rings. The third kappa shape index (κ3) is 3.29. The van der Waals surface area contributed by atoms with Crippen LogP contribution in [0, 0.1) is 21.3 Å². The SMILES string of the molecule is CC1(C)CCC(Nc2cc(F)c(C(=O)O)cc2[N+](=O)[O-])C1. The maximum Gasteiger partial charge on any atom is 0.338 e. The molecule has 0 saturated heterocycles. The number of carboxylic acids is 1. The van der Waals surface area contributed by atoms with E-state index < -0.39 is 28.0 Å². The third-order valence-corrected chi connectivity index (χ3v) is 3.84. The van der Waals surface area contributed by atoms with Gasteiger partial charge in [0, 0.05) is 18.2 Å². The molecule has 0 heterocycles. The van der Waals surface area contributed by atoms with Gasteiger partial charge in [-0.1, -0.05) is 13.8 Å². The van der Waals surface area contributed by atoms with Crippen LogP contribution in [0.2, 0.25) is 0 Å². The van der Waals surface area contributed by atoms with Crippen molar-refractivity contribution in [3.05, 3.63) is 33.6 Å². The Morgan fingerprint density at radius 2 is 2.19 bits per heavy atom. The fourth-order valence-electron chi connectivity index (χ4n) is 2.77. The second-order valence-corrected chi connectivity index (χ2v) is 6.16. The number of anilines is 1. The van der Waals surface area contributed by atoms with E-state index in [0.29, 0.717) is 0 Å². The molecule has 0 aliphatic heterocycles. The van der Waals surface area contributed by atoms with Gasteiger partial charge in [0.15, 0.2) is 0 Å².